The standard InChI is InChI=1S/C8H5NO2.2C7H8O/c10-7-5-3-1-2-4-6(5)9-8(7)11;2*1-6-4-2-3-5-7(6)8/h1-4H,(H,9,10,11);2*2-5,8H,1H3. The molecule has 0 bridgehead atoms. The monoisotopic (exact) mass is 363 g/mol. The molecule has 5 nitrogen and oxygen atoms in total. The third-order valence-electron chi connectivity index (χ3n) is 3.86. The smallest absolute Gasteiger partial charge is 0.296 e. The van der Waals surface area contributed by atoms with Gasteiger partial charge in [0.2, 0.25) is 0 Å². The maximum Gasteiger partial charge on any atom is 0.296 e. The van der Waals surface area contributed by atoms with Gasteiger partial charge in [-0.1, -0.05) is 48.5 Å². The number of aryl methyl sites for hydroxylation is 2. The highest BCUT2D eigenvalue weighted by molar-refractivity contribution is 6.51. The summed E-state index contributed by atoms with van der Waals surface area (Å²) in [4.78, 5) is 21.8. The van der Waals surface area contributed by atoms with Crippen LogP contribution in [0.5, 0.6) is 11.5 Å². The average molecular weight is 363 g/mol. The number of Topliss-reactive ketones (excluding diaryl/α,β-unsaturated/α-hetero) is 1. The Morgan fingerprint density at radius 2 is 1.11 bits per heavy atom. The number of benzene rings is 3. The summed E-state index contributed by atoms with van der Waals surface area (Å²) in [5.41, 5.74) is 2.93. The van der Waals surface area contributed by atoms with Crippen LogP contribution in [0.1, 0.15) is 21.5 Å². The Bertz CT molecular complexity index is 865. The molecule has 0 spiro atoms. The van der Waals surface area contributed by atoms with Gasteiger partial charge in [-0.2, -0.15) is 0 Å². The molecular weight excluding hydrogens is 342 g/mol. The Kier molecular flexibility index (Phi) is 6.72. The molecule has 3 aromatic carbocycles. The molecule has 138 valence electrons. The van der Waals surface area contributed by atoms with Gasteiger partial charge in [-0.05, 0) is 49.2 Å². The van der Waals surface area contributed by atoms with E-state index < -0.39 is 11.7 Å². The first-order chi connectivity index (χ1) is 12.9. The van der Waals surface area contributed by atoms with Crippen molar-refractivity contribution in [3.8, 4) is 11.5 Å². The number of phenolic OH excluding ortho intramolecular Hbond substituents is 2. The van der Waals surface area contributed by atoms with Gasteiger partial charge in [0.05, 0.1) is 11.3 Å². The number of phenols is 2. The number of aromatic hydroxyl groups is 2. The fourth-order valence-electron chi connectivity index (χ4n) is 2.22. The zero-order chi connectivity index (χ0) is 19.8. The van der Waals surface area contributed by atoms with Crippen LogP contribution in [0, 0.1) is 13.8 Å². The van der Waals surface area contributed by atoms with Gasteiger partial charge >= 0.3 is 0 Å². The lowest BCUT2D eigenvalue weighted by molar-refractivity contribution is -0.112. The second-order valence-corrected chi connectivity index (χ2v) is 5.90. The van der Waals surface area contributed by atoms with Crippen molar-refractivity contribution in [3.05, 3.63) is 89.5 Å². The van der Waals surface area contributed by atoms with Gasteiger partial charge in [0.1, 0.15) is 11.5 Å². The van der Waals surface area contributed by atoms with Crippen LogP contribution in [0.3, 0.4) is 0 Å². The predicted molar refractivity (Wildman–Crippen MR) is 105 cm³/mol. The number of para-hydroxylation sites is 3. The molecule has 0 unspecified atom stereocenters. The van der Waals surface area contributed by atoms with E-state index in [1.165, 1.54) is 0 Å². The van der Waals surface area contributed by atoms with Gasteiger partial charge in [0, 0.05) is 0 Å². The van der Waals surface area contributed by atoms with Crippen LogP contribution in [0.15, 0.2) is 72.8 Å². The Morgan fingerprint density at radius 1 is 0.667 bits per heavy atom. The lowest BCUT2D eigenvalue weighted by Gasteiger charge is -1.92. The van der Waals surface area contributed by atoms with E-state index in [0.29, 0.717) is 22.7 Å². The number of hydrogen-bond donors (Lipinski definition) is 3. The molecule has 0 atom stereocenters. The molecule has 3 N–H and O–H groups in total. The summed E-state index contributed by atoms with van der Waals surface area (Å²) in [6, 6.07) is 21.4. The van der Waals surface area contributed by atoms with Gasteiger partial charge in [-0.3, -0.25) is 9.59 Å². The second-order valence-electron chi connectivity index (χ2n) is 5.90. The molecule has 5 heteroatoms. The molecule has 1 aliphatic heterocycles. The molecule has 1 amide bonds. The number of ketones is 1. The maximum absolute atomic E-state index is 11.0. The number of carbonyl (C=O) groups excluding carboxylic acids is 2. The average Bonchev–Trinajstić information content (AvgIpc) is 2.96. The van der Waals surface area contributed by atoms with Gasteiger partial charge in [0.25, 0.3) is 11.7 Å². The van der Waals surface area contributed by atoms with E-state index in [0.717, 1.165) is 11.1 Å². The minimum Gasteiger partial charge on any atom is -0.508 e. The highest BCUT2D eigenvalue weighted by atomic mass is 16.3. The Labute approximate surface area is 157 Å². The topological polar surface area (TPSA) is 86.6 Å². The van der Waals surface area contributed by atoms with Crippen LogP contribution in [0.4, 0.5) is 5.69 Å². The van der Waals surface area contributed by atoms with E-state index >= 15 is 0 Å². The fraction of sp³-hybridized carbons (Fsp3) is 0.0909. The lowest BCUT2D eigenvalue weighted by atomic mass is 10.1. The summed E-state index contributed by atoms with van der Waals surface area (Å²) in [5, 5.41) is 20.3. The molecule has 1 heterocycles. The number of carbonyl (C=O) groups is 2. The highest BCUT2D eigenvalue weighted by Gasteiger charge is 2.26. The molecule has 0 saturated carbocycles. The van der Waals surface area contributed by atoms with Crippen molar-refractivity contribution in [1.29, 1.82) is 0 Å². The number of nitrogens with one attached hydrogen (secondary N) is 1. The van der Waals surface area contributed by atoms with Crippen molar-refractivity contribution in [2.45, 2.75) is 13.8 Å². The van der Waals surface area contributed by atoms with Gasteiger partial charge in [-0.25, -0.2) is 0 Å². The zero-order valence-electron chi connectivity index (χ0n) is 15.1. The fourth-order valence-corrected chi connectivity index (χ4v) is 2.22. The number of anilines is 1. The first kappa shape index (κ1) is 19.7. The molecule has 0 aromatic heterocycles. The van der Waals surface area contributed by atoms with Crippen molar-refractivity contribution < 1.29 is 19.8 Å². The molecule has 0 saturated heterocycles. The molecule has 4 rings (SSSR count). The molecular formula is C22H21NO4. The lowest BCUT2D eigenvalue weighted by Crippen LogP contribution is -2.12. The third-order valence-corrected chi connectivity index (χ3v) is 3.86. The Balaban J connectivity index is 0.000000149. The quantitative estimate of drug-likeness (QED) is 0.522. The minimum absolute atomic E-state index is 0.368. The minimum atomic E-state index is -0.536. The third kappa shape index (κ3) is 5.44. The summed E-state index contributed by atoms with van der Waals surface area (Å²) in [7, 11) is 0. The zero-order valence-corrected chi connectivity index (χ0v) is 15.1. The molecule has 0 fully saturated rings. The highest BCUT2D eigenvalue weighted by Crippen LogP contribution is 2.21. The summed E-state index contributed by atoms with van der Waals surface area (Å²) in [6.45, 7) is 3.74. The van der Waals surface area contributed by atoms with Crippen LogP contribution >= 0.6 is 0 Å². The van der Waals surface area contributed by atoms with Crippen molar-refractivity contribution in [3.63, 3.8) is 0 Å². The van der Waals surface area contributed by atoms with E-state index in [4.69, 9.17) is 10.2 Å². The second kappa shape index (κ2) is 9.20. The summed E-state index contributed by atoms with van der Waals surface area (Å²) >= 11 is 0. The van der Waals surface area contributed by atoms with E-state index in [1.54, 1.807) is 36.4 Å². The Hall–Kier alpha value is -3.60. The summed E-state index contributed by atoms with van der Waals surface area (Å²) < 4.78 is 0. The predicted octanol–water partition coefficient (Wildman–Crippen LogP) is 4.22. The van der Waals surface area contributed by atoms with E-state index in [9.17, 15) is 9.59 Å². The van der Waals surface area contributed by atoms with Gasteiger partial charge in [-0.15, -0.1) is 0 Å². The summed E-state index contributed by atoms with van der Waals surface area (Å²) in [6.07, 6.45) is 0. The van der Waals surface area contributed by atoms with Crippen molar-refractivity contribution >= 4 is 17.4 Å². The molecule has 3 aromatic rings. The van der Waals surface area contributed by atoms with E-state index in [1.807, 2.05) is 50.2 Å². The van der Waals surface area contributed by atoms with E-state index in [2.05, 4.69) is 5.32 Å². The Morgan fingerprint density at radius 3 is 1.52 bits per heavy atom. The first-order valence-electron chi connectivity index (χ1n) is 8.34. The molecule has 27 heavy (non-hydrogen) atoms. The largest absolute Gasteiger partial charge is 0.508 e. The number of rotatable bonds is 0. The van der Waals surface area contributed by atoms with Crippen molar-refractivity contribution in [2.24, 2.45) is 0 Å². The van der Waals surface area contributed by atoms with E-state index in [-0.39, 0.29) is 0 Å². The summed E-state index contributed by atoms with van der Waals surface area (Å²) in [5.74, 6) is -0.244. The van der Waals surface area contributed by atoms with Gasteiger partial charge in [0.15, 0.2) is 0 Å². The molecule has 0 radical (unpaired) electrons. The molecule has 0 aliphatic carbocycles. The van der Waals surface area contributed by atoms with Crippen LogP contribution in [-0.2, 0) is 4.79 Å². The first-order valence-corrected chi connectivity index (χ1v) is 8.34. The maximum atomic E-state index is 11.0. The van der Waals surface area contributed by atoms with Crippen LogP contribution in [0.2, 0.25) is 0 Å². The van der Waals surface area contributed by atoms with Crippen molar-refractivity contribution in [1.82, 2.24) is 0 Å². The van der Waals surface area contributed by atoms with Gasteiger partial charge < -0.3 is 15.5 Å². The number of amides is 1. The normalized spacial score (nSPS) is 11.3. The van der Waals surface area contributed by atoms with Crippen LogP contribution in [0.25, 0.3) is 0 Å². The SMILES string of the molecule is Cc1ccccc1O.Cc1ccccc1O.O=C1Nc2ccccc2C1=O. The number of fused-ring (bicyclic) bond motifs is 1. The van der Waals surface area contributed by atoms with Crippen LogP contribution in [-0.4, -0.2) is 21.9 Å². The molecule has 1 aliphatic rings. The van der Waals surface area contributed by atoms with Crippen LogP contribution < -0.4 is 5.32 Å². The number of hydrogen-bond acceptors (Lipinski definition) is 4. The van der Waals surface area contributed by atoms with Crippen molar-refractivity contribution in [2.75, 3.05) is 5.32 Å².